The van der Waals surface area contributed by atoms with Crippen LogP contribution in [0, 0.1) is 0 Å². The molecule has 1 aliphatic heterocycles. The third kappa shape index (κ3) is 15.9. The number of aliphatic hydroxyl groups excluding tert-OH is 1. The zero-order chi connectivity index (χ0) is 62.4. The largest absolute Gasteiger partial charge is 1.00 e. The number of fused-ring (bicyclic) bond motifs is 8. The van der Waals surface area contributed by atoms with Gasteiger partial charge in [-0.25, -0.2) is 0 Å². The van der Waals surface area contributed by atoms with E-state index in [0.29, 0.717) is 24.4 Å². The first-order chi connectivity index (χ1) is 41.4. The zero-order valence-electron chi connectivity index (χ0n) is 54.6. The molecule has 1 heterocycles. The maximum absolute atomic E-state index is 11.2. The molecule has 6 atom stereocenters. The molecule has 0 bridgehead atoms. The van der Waals surface area contributed by atoms with Gasteiger partial charge >= 0.3 is 64.1 Å². The van der Waals surface area contributed by atoms with Crippen molar-refractivity contribution in [2.24, 2.45) is 0 Å². The summed E-state index contributed by atoms with van der Waals surface area (Å²) in [6, 6.07) is 61.3. The summed E-state index contributed by atoms with van der Waals surface area (Å²) >= 11 is -0.931. The number of benzene rings is 8. The van der Waals surface area contributed by atoms with Crippen LogP contribution in [-0.4, -0.2) is 82.2 Å². The number of nitrogens with one attached hydrogen (secondary N) is 1. The molecule has 0 amide bonds. The minimum Gasteiger partial charge on any atom is -1.00 e. The van der Waals surface area contributed by atoms with Crippen LogP contribution in [0.2, 0.25) is 36.3 Å². The number of rotatable bonds is 13. The topological polar surface area (TPSA) is 122 Å². The van der Waals surface area contributed by atoms with E-state index in [1.54, 1.807) is 0 Å². The summed E-state index contributed by atoms with van der Waals surface area (Å²) in [5.41, 5.74) is 8.95. The third-order valence-electron chi connectivity index (χ3n) is 18.7. The van der Waals surface area contributed by atoms with Crippen molar-refractivity contribution in [2.75, 3.05) is 33.4 Å². The van der Waals surface area contributed by atoms with Crippen molar-refractivity contribution >= 4 is 63.6 Å². The van der Waals surface area contributed by atoms with E-state index in [2.05, 4.69) is 158 Å². The normalized spacial score (nSPS) is 21.7. The molecule has 13 rings (SSSR count). The van der Waals surface area contributed by atoms with Crippen molar-refractivity contribution in [3.63, 3.8) is 0 Å². The van der Waals surface area contributed by atoms with Gasteiger partial charge < -0.3 is 45.1 Å². The quantitative estimate of drug-likeness (QED) is 0.0660. The van der Waals surface area contributed by atoms with Crippen LogP contribution in [-0.2, 0) is 54.4 Å². The van der Waals surface area contributed by atoms with E-state index >= 15 is 0 Å². The Balaban J connectivity index is 0.000000166. The van der Waals surface area contributed by atoms with E-state index < -0.39 is 49.1 Å². The Hall–Kier alpha value is -4.02. The Morgan fingerprint density at radius 2 is 0.989 bits per heavy atom. The minimum atomic E-state index is -1.68. The Morgan fingerprint density at radius 3 is 1.48 bits per heavy atom. The first-order valence-corrected chi connectivity index (χ1v) is 44.1. The molecule has 0 spiro atoms. The first-order valence-electron chi connectivity index (χ1n) is 30.5. The van der Waals surface area contributed by atoms with Crippen LogP contribution in [0.4, 0.5) is 0 Å². The predicted molar refractivity (Wildman–Crippen MR) is 360 cm³/mol. The fourth-order valence-corrected chi connectivity index (χ4v) is 13.7. The molecule has 0 saturated carbocycles. The van der Waals surface area contributed by atoms with Crippen LogP contribution in [0.25, 0.3) is 27.6 Å². The van der Waals surface area contributed by atoms with E-state index in [4.69, 9.17) is 42.4 Å². The number of epoxide rings is 1. The molecule has 8 aromatic rings. The molecule has 458 valence electrons. The van der Waals surface area contributed by atoms with Gasteiger partial charge in [-0.3, -0.25) is 0 Å². The van der Waals surface area contributed by atoms with E-state index in [9.17, 15) is 15.3 Å². The van der Waals surface area contributed by atoms with Crippen molar-refractivity contribution in [3.8, 4) is 11.5 Å². The van der Waals surface area contributed by atoms with Crippen molar-refractivity contribution < 1.29 is 84.5 Å². The summed E-state index contributed by atoms with van der Waals surface area (Å²) in [4.78, 5) is 0. The van der Waals surface area contributed by atoms with Crippen molar-refractivity contribution in [1.29, 1.82) is 0 Å². The SMILES string of the molecule is CC(C)(C)[Si](C)(C)OCC1=Cc2ccccc2C1.CC(C)(C)[Si](C)(C)OC[C@]12Cc3ccccc3[C@H]1O2.CNC[C@]1(O)Cc2ccccc2[C@@H]1Oc1cccc2ccccc12.OC[C@]1(O)Cc2ccccc2[C@@H]1Oc1cccc2ccccc12.[Cl][Zn][Cl].[H-].[Na+]. The van der Waals surface area contributed by atoms with E-state index in [1.807, 2.05) is 110 Å². The molecule has 0 radical (unpaired) electrons. The predicted octanol–water partition coefficient (Wildman–Crippen LogP) is 13.9. The van der Waals surface area contributed by atoms with Crippen molar-refractivity contribution in [1.82, 2.24) is 5.32 Å². The molecule has 5 aliphatic rings. The van der Waals surface area contributed by atoms with Crippen LogP contribution in [0.15, 0.2) is 188 Å². The Morgan fingerprint density at radius 1 is 0.568 bits per heavy atom. The van der Waals surface area contributed by atoms with Gasteiger partial charge in [0.1, 0.15) is 34.4 Å². The summed E-state index contributed by atoms with van der Waals surface area (Å²) in [5.74, 6) is 1.53. The van der Waals surface area contributed by atoms with Crippen LogP contribution in [0.5, 0.6) is 11.5 Å². The second-order valence-corrected chi connectivity index (χ2v) is 41.2. The third-order valence-corrected chi connectivity index (χ3v) is 27.7. The molecule has 8 aromatic carbocycles. The van der Waals surface area contributed by atoms with Crippen molar-refractivity contribution in [3.05, 3.63) is 232 Å². The zero-order valence-corrected chi connectivity index (χ0v) is 62.1. The van der Waals surface area contributed by atoms with Gasteiger partial charge in [0.2, 0.25) is 0 Å². The van der Waals surface area contributed by atoms with Crippen LogP contribution >= 0.6 is 19.4 Å². The van der Waals surface area contributed by atoms with E-state index in [1.165, 1.54) is 27.8 Å². The van der Waals surface area contributed by atoms with Crippen LogP contribution in [0.1, 0.15) is 106 Å². The molecule has 0 unspecified atom stereocenters. The standard InChI is InChI=1S/C21H21NO2.C20H18O3.C16H24O2Si.C16H24OSi.2ClH.Na.Zn.H/c1-22-14-21(23)13-16-8-3-5-11-18(16)20(21)24-19-12-6-9-15-7-2-4-10-17(15)19;21-13-20(22)12-15-7-2-4-10-17(15)19(20)23-18-11-5-8-14-6-1-3-9-16(14)18;1-15(2,3)19(4,5)17-11-16-10-12-8-6-7-9-13(12)14(16)18-16;1-16(2,3)18(4,5)17-12-13-10-14-8-6-7-9-15(14)11-13;;;;;/h2-12,20,22-23H,13-14H2,1H3;1-11,19,21-22H,12-13H2;6-9,14H,10-11H2,1-5H3;6-10H,11-12H2,1-5H3;2*1H;;;/q;;;;;;+1;+2;-1/p-2/t20-,21+;19-,20+;14-,16-;;;;;;/m001....../s1. The molecule has 9 nitrogen and oxygen atoms in total. The fraction of sp³-hybridized carbons (Fsp3) is 0.370. The summed E-state index contributed by atoms with van der Waals surface area (Å²) in [6.07, 6.45) is 4.69. The van der Waals surface area contributed by atoms with E-state index in [-0.39, 0.29) is 60.4 Å². The van der Waals surface area contributed by atoms with Crippen molar-refractivity contribution in [2.45, 2.75) is 139 Å². The second-order valence-electron chi connectivity index (χ2n) is 26.9. The molecular formula is C73H88Cl2NNaO8Si2Zn. The maximum atomic E-state index is 11.2. The number of halogens is 2. The number of likely N-dealkylation sites (N-methyl/N-ethyl adjacent to an activating group) is 1. The fourth-order valence-electron chi connectivity index (χ4n) is 11.7. The molecule has 15 heteroatoms. The molecule has 4 N–H and O–H groups in total. The van der Waals surface area contributed by atoms with Gasteiger partial charge in [0, 0.05) is 36.6 Å². The monoisotopic (exact) mass is 1320 g/mol. The van der Waals surface area contributed by atoms with Gasteiger partial charge in [0.15, 0.2) is 28.8 Å². The molecular weight excluding hydrogens is 1230 g/mol. The average Bonchev–Trinajstić information content (AvgIpc) is 1.55. The molecule has 1 fully saturated rings. The van der Waals surface area contributed by atoms with E-state index in [0.717, 1.165) is 81.4 Å². The van der Waals surface area contributed by atoms with Crippen LogP contribution < -0.4 is 44.3 Å². The van der Waals surface area contributed by atoms with Gasteiger partial charge in [0.25, 0.3) is 0 Å². The first kappa shape index (κ1) is 69.9. The van der Waals surface area contributed by atoms with Gasteiger partial charge in [0.05, 0.1) is 19.8 Å². The summed E-state index contributed by atoms with van der Waals surface area (Å²) in [5, 5.41) is 39.7. The Labute approximate surface area is 564 Å². The summed E-state index contributed by atoms with van der Waals surface area (Å²) in [7, 11) is 8.47. The van der Waals surface area contributed by atoms with Gasteiger partial charge in [-0.15, -0.1) is 0 Å². The molecule has 88 heavy (non-hydrogen) atoms. The molecule has 1 saturated heterocycles. The Bertz CT molecular complexity index is 3690. The Kier molecular flexibility index (Phi) is 23.3. The number of ether oxygens (including phenoxy) is 3. The molecule has 0 aromatic heterocycles. The van der Waals surface area contributed by atoms with Crippen LogP contribution in [0.3, 0.4) is 0 Å². The number of hydrogen-bond acceptors (Lipinski definition) is 9. The smallest absolute Gasteiger partial charge is 1.00 e. The van der Waals surface area contributed by atoms with Gasteiger partial charge in [-0.2, -0.15) is 0 Å². The number of aliphatic hydroxyl groups is 3. The molecule has 4 aliphatic carbocycles. The summed E-state index contributed by atoms with van der Waals surface area (Å²) < 4.78 is 31.2. The summed E-state index contributed by atoms with van der Waals surface area (Å²) in [6.45, 7) is 24.7. The minimum absolute atomic E-state index is 0. The average molecular weight is 1320 g/mol. The van der Waals surface area contributed by atoms with Gasteiger partial charge in [-0.05, 0) is 123 Å². The number of hydrogen-bond donors (Lipinski definition) is 4. The second kappa shape index (κ2) is 29.3. The van der Waals surface area contributed by atoms with Gasteiger partial charge in [-0.1, -0.05) is 217 Å². The maximum Gasteiger partial charge on any atom is 1.00 e.